The van der Waals surface area contributed by atoms with E-state index < -0.39 is 0 Å². The summed E-state index contributed by atoms with van der Waals surface area (Å²) in [6.07, 6.45) is 9.59. The Morgan fingerprint density at radius 3 is 2.83 bits per heavy atom. The number of carbonyl (C=O) groups is 1. The van der Waals surface area contributed by atoms with Crippen molar-refractivity contribution in [2.45, 2.75) is 56.7 Å². The summed E-state index contributed by atoms with van der Waals surface area (Å²) < 4.78 is 1.85. The highest BCUT2D eigenvalue weighted by molar-refractivity contribution is 7.09. The number of nitrogens with zero attached hydrogens (tertiary/aromatic N) is 5. The third-order valence-electron chi connectivity index (χ3n) is 5.10. The topological polar surface area (TPSA) is 89.9 Å². The van der Waals surface area contributed by atoms with E-state index in [4.69, 9.17) is 5.73 Å². The van der Waals surface area contributed by atoms with Gasteiger partial charge in [0.25, 0.3) is 5.91 Å². The van der Waals surface area contributed by atoms with Crippen molar-refractivity contribution in [1.82, 2.24) is 24.9 Å². The van der Waals surface area contributed by atoms with Gasteiger partial charge in [0, 0.05) is 24.2 Å². The van der Waals surface area contributed by atoms with Gasteiger partial charge < -0.3 is 10.6 Å². The number of hydrogen-bond donors (Lipinski definition) is 1. The minimum atomic E-state index is -0.0357. The molecular formula is C16H22N6OS. The lowest BCUT2D eigenvalue weighted by Gasteiger charge is -2.25. The zero-order valence-electron chi connectivity index (χ0n) is 13.5. The molecule has 0 aromatic carbocycles. The average Bonchev–Trinajstić information content (AvgIpc) is 3.34. The van der Waals surface area contributed by atoms with Gasteiger partial charge in [-0.25, -0.2) is 9.67 Å². The molecule has 3 heterocycles. The van der Waals surface area contributed by atoms with E-state index in [0.29, 0.717) is 17.8 Å². The summed E-state index contributed by atoms with van der Waals surface area (Å²) in [5, 5.41) is 11.3. The Kier molecular flexibility index (Phi) is 4.32. The van der Waals surface area contributed by atoms with Crippen molar-refractivity contribution in [1.29, 1.82) is 0 Å². The normalized spacial score (nSPS) is 27.5. The summed E-state index contributed by atoms with van der Waals surface area (Å²) in [7, 11) is 0. The Bertz CT molecular complexity index is 691. The molecule has 1 atom stereocenters. The maximum Gasteiger partial charge on any atom is 0.276 e. The Morgan fingerprint density at radius 2 is 2.08 bits per heavy atom. The quantitative estimate of drug-likeness (QED) is 0.920. The van der Waals surface area contributed by atoms with Crippen LogP contribution in [-0.2, 0) is 0 Å². The molecule has 1 aliphatic heterocycles. The van der Waals surface area contributed by atoms with Gasteiger partial charge in [-0.15, -0.1) is 16.4 Å². The van der Waals surface area contributed by atoms with Crippen LogP contribution in [0.4, 0.5) is 0 Å². The van der Waals surface area contributed by atoms with Crippen LogP contribution < -0.4 is 5.73 Å². The molecule has 1 aliphatic carbocycles. The Labute approximate surface area is 144 Å². The van der Waals surface area contributed by atoms with Gasteiger partial charge in [-0.05, 0) is 38.5 Å². The molecule has 0 radical (unpaired) electrons. The second kappa shape index (κ2) is 6.60. The molecule has 7 nitrogen and oxygen atoms in total. The van der Waals surface area contributed by atoms with Crippen molar-refractivity contribution in [3.05, 3.63) is 28.5 Å². The highest BCUT2D eigenvalue weighted by Crippen LogP contribution is 2.34. The van der Waals surface area contributed by atoms with Crippen LogP contribution >= 0.6 is 11.3 Å². The van der Waals surface area contributed by atoms with Gasteiger partial charge in [0.1, 0.15) is 5.01 Å². The van der Waals surface area contributed by atoms with Crippen LogP contribution in [-0.4, -0.2) is 43.4 Å². The molecule has 2 aromatic heterocycles. The van der Waals surface area contributed by atoms with Gasteiger partial charge in [-0.2, -0.15) is 0 Å². The number of amides is 1. The highest BCUT2D eigenvalue weighted by Gasteiger charge is 2.33. The van der Waals surface area contributed by atoms with Crippen LogP contribution in [0.1, 0.15) is 66.1 Å². The third-order valence-corrected chi connectivity index (χ3v) is 5.97. The van der Waals surface area contributed by atoms with E-state index in [0.717, 1.165) is 50.1 Å². The van der Waals surface area contributed by atoms with Crippen molar-refractivity contribution < 1.29 is 4.79 Å². The zero-order chi connectivity index (χ0) is 16.5. The standard InChI is InChI=1S/C16H22N6OS/c17-11-3-5-12(6-4-11)22-10-13(19-20-22)16(23)21-8-1-2-14(21)15-18-7-9-24-15/h7,9-12,14H,1-6,8,17H2. The maximum atomic E-state index is 12.9. The van der Waals surface area contributed by atoms with Gasteiger partial charge in [-0.1, -0.05) is 5.21 Å². The summed E-state index contributed by atoms with van der Waals surface area (Å²) in [5.74, 6) is -0.0357. The van der Waals surface area contributed by atoms with E-state index in [1.165, 1.54) is 0 Å². The molecule has 1 unspecified atom stereocenters. The number of hydrogen-bond acceptors (Lipinski definition) is 6. The predicted octanol–water partition coefficient (Wildman–Crippen LogP) is 2.15. The van der Waals surface area contributed by atoms with Crippen LogP contribution in [0.15, 0.2) is 17.8 Å². The lowest BCUT2D eigenvalue weighted by atomic mass is 9.92. The van der Waals surface area contributed by atoms with Crippen LogP contribution in [0.3, 0.4) is 0 Å². The summed E-state index contributed by atoms with van der Waals surface area (Å²) in [6, 6.07) is 0.692. The summed E-state index contributed by atoms with van der Waals surface area (Å²) in [5.41, 5.74) is 6.40. The molecule has 4 rings (SSSR count). The Hall–Kier alpha value is -1.80. The van der Waals surface area contributed by atoms with Crippen LogP contribution in [0, 0.1) is 0 Å². The molecule has 2 aliphatic rings. The minimum Gasteiger partial charge on any atom is -0.328 e. The van der Waals surface area contributed by atoms with Crippen molar-refractivity contribution in [3.63, 3.8) is 0 Å². The molecule has 128 valence electrons. The fourth-order valence-electron chi connectivity index (χ4n) is 3.73. The number of likely N-dealkylation sites (tertiary alicyclic amines) is 1. The second-order valence-corrected chi connectivity index (χ2v) is 7.61. The molecule has 0 bridgehead atoms. The molecule has 2 aromatic rings. The van der Waals surface area contributed by atoms with Gasteiger partial charge in [0.2, 0.25) is 0 Å². The highest BCUT2D eigenvalue weighted by atomic mass is 32.1. The molecule has 1 saturated heterocycles. The van der Waals surface area contributed by atoms with E-state index >= 15 is 0 Å². The van der Waals surface area contributed by atoms with Gasteiger partial charge >= 0.3 is 0 Å². The molecule has 1 amide bonds. The second-order valence-electron chi connectivity index (χ2n) is 6.68. The first kappa shape index (κ1) is 15.7. The fraction of sp³-hybridized carbons (Fsp3) is 0.625. The SMILES string of the molecule is NC1CCC(n2cc(C(=O)N3CCCC3c3nccs3)nn2)CC1. The number of aromatic nitrogens is 4. The van der Waals surface area contributed by atoms with Gasteiger partial charge in [-0.3, -0.25) is 4.79 Å². The minimum absolute atomic E-state index is 0.0357. The van der Waals surface area contributed by atoms with E-state index in [1.807, 2.05) is 15.0 Å². The first-order chi connectivity index (χ1) is 11.7. The van der Waals surface area contributed by atoms with E-state index in [1.54, 1.807) is 23.7 Å². The van der Waals surface area contributed by atoms with Crippen LogP contribution in [0.5, 0.6) is 0 Å². The molecular weight excluding hydrogens is 324 g/mol. The third kappa shape index (κ3) is 2.95. The Morgan fingerprint density at radius 1 is 1.25 bits per heavy atom. The monoisotopic (exact) mass is 346 g/mol. The smallest absolute Gasteiger partial charge is 0.276 e. The molecule has 1 saturated carbocycles. The number of carbonyl (C=O) groups excluding carboxylic acids is 1. The van der Waals surface area contributed by atoms with E-state index in [9.17, 15) is 4.79 Å². The number of rotatable bonds is 3. The molecule has 8 heteroatoms. The fourth-order valence-corrected chi connectivity index (χ4v) is 4.52. The molecule has 2 N–H and O–H groups in total. The van der Waals surface area contributed by atoms with Crippen molar-refractivity contribution in [2.24, 2.45) is 5.73 Å². The predicted molar refractivity (Wildman–Crippen MR) is 90.6 cm³/mol. The molecule has 24 heavy (non-hydrogen) atoms. The summed E-state index contributed by atoms with van der Waals surface area (Å²) >= 11 is 1.61. The van der Waals surface area contributed by atoms with Crippen molar-refractivity contribution in [3.8, 4) is 0 Å². The summed E-state index contributed by atoms with van der Waals surface area (Å²) in [6.45, 7) is 0.758. The maximum absolute atomic E-state index is 12.9. The first-order valence-electron chi connectivity index (χ1n) is 8.60. The van der Waals surface area contributed by atoms with Crippen molar-refractivity contribution >= 4 is 17.2 Å². The number of nitrogens with two attached hydrogens (primary N) is 1. The number of thiazole rings is 1. The van der Waals surface area contributed by atoms with Crippen LogP contribution in [0.2, 0.25) is 0 Å². The van der Waals surface area contributed by atoms with E-state index in [-0.39, 0.29) is 11.9 Å². The zero-order valence-corrected chi connectivity index (χ0v) is 14.4. The molecule has 2 fully saturated rings. The van der Waals surface area contributed by atoms with E-state index in [2.05, 4.69) is 15.3 Å². The van der Waals surface area contributed by atoms with Gasteiger partial charge in [0.15, 0.2) is 5.69 Å². The average molecular weight is 346 g/mol. The largest absolute Gasteiger partial charge is 0.328 e. The van der Waals surface area contributed by atoms with Crippen molar-refractivity contribution in [2.75, 3.05) is 6.54 Å². The lowest BCUT2D eigenvalue weighted by Crippen LogP contribution is -2.31. The summed E-state index contributed by atoms with van der Waals surface area (Å²) in [4.78, 5) is 19.1. The lowest BCUT2D eigenvalue weighted by molar-refractivity contribution is 0.0729. The van der Waals surface area contributed by atoms with Crippen LogP contribution in [0.25, 0.3) is 0 Å². The Balaban J connectivity index is 1.48. The first-order valence-corrected chi connectivity index (χ1v) is 9.48. The van der Waals surface area contributed by atoms with Gasteiger partial charge in [0.05, 0.1) is 18.3 Å². The molecule has 0 spiro atoms.